The van der Waals surface area contributed by atoms with Crippen molar-refractivity contribution >= 4 is 81.4 Å². The lowest BCUT2D eigenvalue weighted by molar-refractivity contribution is -0.149. The average Bonchev–Trinajstić information content (AvgIpc) is 1.34. The van der Waals surface area contributed by atoms with Gasteiger partial charge in [-0.25, -0.2) is 0 Å². The fourth-order valence-electron chi connectivity index (χ4n) is 24.2. The van der Waals surface area contributed by atoms with Gasteiger partial charge in [-0.2, -0.15) is 0 Å². The molecule has 0 radical (unpaired) electrons. The second-order valence-corrected chi connectivity index (χ2v) is 39.5. The zero-order valence-electron chi connectivity index (χ0n) is 74.1. The molecule has 26 heteroatoms. The van der Waals surface area contributed by atoms with E-state index in [2.05, 4.69) is 62.8 Å². The largest absolute Gasteiger partial charge is 0.457 e. The minimum Gasteiger partial charge on any atom is -0.457 e. The number of fused-ring (bicyclic) bond motifs is 4. The first-order chi connectivity index (χ1) is 57.9. The highest BCUT2D eigenvalue weighted by atomic mass is 16.6. The van der Waals surface area contributed by atoms with Gasteiger partial charge < -0.3 is 80.4 Å². The minimum absolute atomic E-state index is 0.0205. The number of nitrogens with zero attached hydrogens (tertiary/aromatic N) is 6. The predicted octanol–water partition coefficient (Wildman–Crippen LogP) is 14.5. The zero-order chi connectivity index (χ0) is 87.6. The number of aliphatic hydroxyl groups is 4. The van der Waals surface area contributed by atoms with E-state index in [1.807, 2.05) is 55.4 Å². The van der Waals surface area contributed by atoms with E-state index in [4.69, 9.17) is 29.5 Å². The molecule has 8 saturated carbocycles. The van der Waals surface area contributed by atoms with Gasteiger partial charge in [0.1, 0.15) is 49.2 Å². The molecule has 0 saturated heterocycles. The van der Waals surface area contributed by atoms with Crippen LogP contribution < -0.4 is 30.7 Å². The molecule has 8 aliphatic carbocycles. The van der Waals surface area contributed by atoms with Gasteiger partial charge in [0.25, 0.3) is 11.8 Å². The highest BCUT2D eigenvalue weighted by Gasteiger charge is 2.68. The molecule has 8 fully saturated rings. The first kappa shape index (κ1) is 90.7. The Balaban J connectivity index is 0.700. The molecule has 20 atom stereocenters. The van der Waals surface area contributed by atoms with Crippen molar-refractivity contribution in [3.8, 4) is 23.0 Å². The van der Waals surface area contributed by atoms with E-state index in [0.29, 0.717) is 110 Å². The number of aliphatic hydroxyl groups excluding tert-OH is 4. The van der Waals surface area contributed by atoms with E-state index in [1.165, 1.54) is 9.80 Å². The van der Waals surface area contributed by atoms with Gasteiger partial charge in [-0.1, -0.05) is 51.9 Å². The number of carbonyl (C=O) groups is 8. The maximum absolute atomic E-state index is 14.3. The number of hydrogen-bond acceptors (Lipinski definition) is 18. The van der Waals surface area contributed by atoms with E-state index in [-0.39, 0.29) is 169 Å². The van der Waals surface area contributed by atoms with Crippen molar-refractivity contribution in [2.75, 3.05) is 60.7 Å². The number of benzene rings is 4. The third kappa shape index (κ3) is 19.4. The number of amides is 8. The van der Waals surface area contributed by atoms with Gasteiger partial charge in [-0.05, 0) is 325 Å². The molecule has 7 heterocycles. The minimum atomic E-state index is -0.641. The molecule has 7 aliphatic heterocycles. The zero-order valence-corrected chi connectivity index (χ0v) is 74.1. The number of rotatable bonds is 4. The van der Waals surface area contributed by atoms with Gasteiger partial charge in [-0.15, -0.1) is 0 Å². The molecule has 0 aromatic heterocycles. The molecule has 15 aliphatic rings. The summed E-state index contributed by atoms with van der Waals surface area (Å²) in [5, 5.41) is 69.0. The van der Waals surface area contributed by atoms with Crippen LogP contribution in [-0.2, 0) is 48.0 Å². The van der Waals surface area contributed by atoms with Crippen LogP contribution in [0.3, 0.4) is 0 Å². The van der Waals surface area contributed by atoms with E-state index in [9.17, 15) is 58.8 Å². The van der Waals surface area contributed by atoms with Crippen LogP contribution in [0, 0.1) is 92.7 Å². The summed E-state index contributed by atoms with van der Waals surface area (Å²) in [7, 11) is 0. The molecule has 19 rings (SSSR count). The maximum atomic E-state index is 14.3. The lowest BCUT2D eigenvalue weighted by atomic mass is 9.43. The van der Waals surface area contributed by atoms with Crippen LogP contribution in [0.2, 0.25) is 0 Å². The fourth-order valence-corrected chi connectivity index (χ4v) is 24.2. The van der Waals surface area contributed by atoms with Crippen LogP contribution in [0.15, 0.2) is 107 Å². The first-order valence-electron chi connectivity index (χ1n) is 45.2. The normalized spacial score (nSPS) is 34.3. The van der Waals surface area contributed by atoms with Crippen LogP contribution in [0.5, 0.6) is 23.0 Å². The first-order valence-corrected chi connectivity index (χ1v) is 45.2. The summed E-state index contributed by atoms with van der Waals surface area (Å²) < 4.78 is 12.4. The van der Waals surface area contributed by atoms with Gasteiger partial charge in [0.15, 0.2) is 13.2 Å². The molecule has 26 nitrogen and oxygen atoms in total. The van der Waals surface area contributed by atoms with Crippen LogP contribution in [0.25, 0.3) is 0 Å². The Labute approximate surface area is 720 Å². The smallest absolute Gasteiger partial charge is 0.264 e. The summed E-state index contributed by atoms with van der Waals surface area (Å²) in [6, 6.07) is 26.1. The van der Waals surface area contributed by atoms with Gasteiger partial charge >= 0.3 is 0 Å². The molecule has 4 aromatic rings. The molecule has 664 valence electrons. The lowest BCUT2D eigenvalue weighted by Gasteiger charge is -2.62. The Kier molecular flexibility index (Phi) is 28.1. The standard InChI is InChI=1S/C96H134N10O16/c1-55(2)103-49-83(111)97-63-17-25-69(26-18-63)121-70-27-19-64(20-28-70)98-84(112)50-104(56(3)4)88(116)38-16-60(10)74-34-36-76-92-78(48-82(110)96(74,76)14)94(12)42-40-68(108)44-62(94)46-80(92)102-120-54-90(118)106(58(7)8)52-86(114)100-66-23-31-72(32-24-66)122-71-29-21-65(22-30-71)99-85(113)51-105(57(5)6)89(117)53-119-101-79-45-61-43-67(107)39-41-93(61,11)77-47-81(109)95(13)73(33-35-75(95)91(77)79)59(9)15-37-87(103)115/h17-32,55-62,67-68,73-78,81-82,91-92,107-110H,15-16,33-54H2,1-14H3,(H,97,111)(H,98,112)(H,99,113)(H,100,114)/t59-,60-,61+,62+,67-,68-,73-,74-,75+,76+,77+,78+,81+,82+,91+,92+,93+,94+,95-,96-/m1/s1. The highest BCUT2D eigenvalue weighted by molar-refractivity contribution is 5.98. The third-order valence-corrected chi connectivity index (χ3v) is 31.1. The molecular formula is C96H134N10O16. The SMILES string of the molecule is CC(C)N1CC(=O)Nc2ccc(cc2)Oc2ccc(cc2)NC(=O)CN(C(C)C)C(=O)CC[C@@H](C)[C@H]2CC[C@H]3[C@@H]4C(=NOCC(=O)N(C(C)C)CC(=O)Nc5ccc(cc5)Oc5ccc(cc5)NC(=O)CN(C(C)C)C(=O)CON=C5C[C@@H]6C[C@H](O)CC[C@]6(C)[C@H]6C[C@H](O)[C@]7(C)[C@H](CC[C@H]7[C@H]56)[C@H](C)CCC1=O)C[C@@H]1C[C@H](O)CC[C@]1(C)[C@H]4C[C@H](O)[C@]23C. The van der Waals surface area contributed by atoms with Crippen molar-refractivity contribution in [2.45, 2.75) is 261 Å². The Hall–Kier alpha value is -8.98. The Morgan fingerprint density at radius 1 is 0.369 bits per heavy atom. The molecule has 8 amide bonds. The number of hydrogen-bond donors (Lipinski definition) is 8. The van der Waals surface area contributed by atoms with E-state index >= 15 is 0 Å². The monoisotopic (exact) mass is 1680 g/mol. The Morgan fingerprint density at radius 2 is 0.648 bits per heavy atom. The summed E-state index contributed by atoms with van der Waals surface area (Å²) >= 11 is 0. The number of anilines is 4. The van der Waals surface area contributed by atoms with Crippen LogP contribution in [0.4, 0.5) is 22.7 Å². The number of ether oxygens (including phenoxy) is 2. The summed E-state index contributed by atoms with van der Waals surface area (Å²) in [5.74, 6) is -0.352. The second kappa shape index (κ2) is 37.8. The second-order valence-electron chi connectivity index (χ2n) is 39.5. The quantitative estimate of drug-likeness (QED) is 0.0941. The van der Waals surface area contributed by atoms with Crippen molar-refractivity contribution in [3.63, 3.8) is 0 Å². The molecule has 122 heavy (non-hydrogen) atoms. The van der Waals surface area contributed by atoms with Crippen LogP contribution >= 0.6 is 0 Å². The summed E-state index contributed by atoms with van der Waals surface area (Å²) in [4.78, 5) is 130. The fraction of sp³-hybridized carbons (Fsp3) is 0.646. The summed E-state index contributed by atoms with van der Waals surface area (Å²) in [5.41, 5.74) is 2.24. The number of oxime groups is 2. The number of carbonyl (C=O) groups excluding carboxylic acids is 8. The number of nitrogens with one attached hydrogen (secondary N) is 4. The van der Waals surface area contributed by atoms with Gasteiger partial charge in [0, 0.05) is 82.4 Å². The average molecular weight is 1680 g/mol. The molecule has 16 bridgehead atoms. The van der Waals surface area contributed by atoms with E-state index in [0.717, 1.165) is 49.9 Å². The van der Waals surface area contributed by atoms with E-state index < -0.39 is 72.1 Å². The van der Waals surface area contributed by atoms with Crippen molar-refractivity contribution in [3.05, 3.63) is 97.1 Å². The molecule has 0 spiro atoms. The third-order valence-electron chi connectivity index (χ3n) is 31.1. The lowest BCUT2D eigenvalue weighted by Crippen LogP contribution is -2.61. The van der Waals surface area contributed by atoms with Crippen LogP contribution in [0.1, 0.15) is 213 Å². The molecule has 0 unspecified atom stereocenters. The van der Waals surface area contributed by atoms with Crippen molar-refractivity contribution < 1.29 is 77.9 Å². The topological polar surface area (TPSA) is 340 Å². The van der Waals surface area contributed by atoms with Crippen LogP contribution in [-0.4, -0.2) is 187 Å². The molecule has 4 aromatic carbocycles. The van der Waals surface area contributed by atoms with Gasteiger partial charge in [0.05, 0.1) is 35.8 Å². The summed E-state index contributed by atoms with van der Waals surface area (Å²) in [6.07, 6.45) is 9.10. The Bertz CT molecular complexity index is 4190. The maximum Gasteiger partial charge on any atom is 0.264 e. The van der Waals surface area contributed by atoms with Gasteiger partial charge in [0.2, 0.25) is 35.4 Å². The van der Waals surface area contributed by atoms with E-state index in [1.54, 1.807) is 107 Å². The van der Waals surface area contributed by atoms with Crippen molar-refractivity contribution in [2.24, 2.45) is 103 Å². The highest BCUT2D eigenvalue weighted by Crippen LogP contribution is 2.70. The molecular weight excluding hydrogens is 1550 g/mol. The predicted molar refractivity (Wildman–Crippen MR) is 467 cm³/mol. The van der Waals surface area contributed by atoms with Crippen molar-refractivity contribution in [1.29, 1.82) is 0 Å². The summed E-state index contributed by atoms with van der Waals surface area (Å²) in [6.45, 7) is 26.7. The van der Waals surface area contributed by atoms with Crippen molar-refractivity contribution in [1.82, 2.24) is 19.6 Å². The van der Waals surface area contributed by atoms with Gasteiger partial charge in [-0.3, -0.25) is 38.4 Å². The Morgan fingerprint density at radius 3 is 0.934 bits per heavy atom. The molecule has 8 N–H and O–H groups in total.